The average Bonchev–Trinajstić information content (AvgIpc) is 2.65. The van der Waals surface area contributed by atoms with Gasteiger partial charge in [-0.25, -0.2) is 4.99 Å². The van der Waals surface area contributed by atoms with Crippen LogP contribution < -0.4 is 30.0 Å². The summed E-state index contributed by atoms with van der Waals surface area (Å²) in [5.41, 5.74) is 7.00. The standard InChI is InChI=1S/C18H20F3N3O4/c1-25-14-9-4-11(15(26-2)16(14)27-3)10-23-17(22)24-12-5-7-13(8-6-12)28-18(19,20)21/h4-9H,10H2,1-3H3,(H3,22,23,24). The summed E-state index contributed by atoms with van der Waals surface area (Å²) in [7, 11) is 4.51. The third-order valence-electron chi connectivity index (χ3n) is 3.57. The molecule has 0 bridgehead atoms. The highest BCUT2D eigenvalue weighted by Crippen LogP contribution is 2.39. The summed E-state index contributed by atoms with van der Waals surface area (Å²) >= 11 is 0. The highest BCUT2D eigenvalue weighted by Gasteiger charge is 2.30. The van der Waals surface area contributed by atoms with Crippen molar-refractivity contribution in [2.75, 3.05) is 26.6 Å². The molecule has 0 aliphatic heterocycles. The van der Waals surface area contributed by atoms with E-state index in [0.717, 1.165) is 0 Å². The Morgan fingerprint density at radius 1 is 0.964 bits per heavy atom. The van der Waals surface area contributed by atoms with Crippen molar-refractivity contribution in [1.29, 1.82) is 0 Å². The predicted octanol–water partition coefficient (Wildman–Crippen LogP) is 3.54. The van der Waals surface area contributed by atoms with Crippen LogP contribution in [0.4, 0.5) is 18.9 Å². The molecule has 0 amide bonds. The molecular formula is C18H20F3N3O4. The van der Waals surface area contributed by atoms with Gasteiger partial charge < -0.3 is 30.0 Å². The summed E-state index contributed by atoms with van der Waals surface area (Å²) in [6.45, 7) is 0.178. The van der Waals surface area contributed by atoms with Crippen LogP contribution in [0, 0.1) is 0 Å². The number of anilines is 1. The smallest absolute Gasteiger partial charge is 0.493 e. The van der Waals surface area contributed by atoms with Crippen LogP contribution in [0.1, 0.15) is 5.56 Å². The minimum Gasteiger partial charge on any atom is -0.493 e. The quantitative estimate of drug-likeness (QED) is 0.547. The van der Waals surface area contributed by atoms with Crippen LogP contribution in [-0.2, 0) is 6.54 Å². The van der Waals surface area contributed by atoms with Gasteiger partial charge in [-0.2, -0.15) is 0 Å². The lowest BCUT2D eigenvalue weighted by Gasteiger charge is -2.15. The monoisotopic (exact) mass is 399 g/mol. The van der Waals surface area contributed by atoms with Crippen LogP contribution in [0.5, 0.6) is 23.0 Å². The van der Waals surface area contributed by atoms with Crippen LogP contribution in [0.2, 0.25) is 0 Å². The largest absolute Gasteiger partial charge is 0.573 e. The zero-order valence-electron chi connectivity index (χ0n) is 15.5. The maximum Gasteiger partial charge on any atom is 0.573 e. The Hall–Kier alpha value is -3.30. The van der Waals surface area contributed by atoms with Gasteiger partial charge in [0.1, 0.15) is 5.75 Å². The van der Waals surface area contributed by atoms with Crippen LogP contribution in [-0.4, -0.2) is 33.7 Å². The number of nitrogens with zero attached hydrogens (tertiary/aromatic N) is 1. The lowest BCUT2D eigenvalue weighted by Crippen LogP contribution is -2.22. The average molecular weight is 399 g/mol. The summed E-state index contributed by atoms with van der Waals surface area (Å²) in [6, 6.07) is 8.59. The fraction of sp³-hybridized carbons (Fsp3) is 0.278. The van der Waals surface area contributed by atoms with Gasteiger partial charge in [0.05, 0.1) is 27.9 Å². The number of hydrogen-bond donors (Lipinski definition) is 2. The molecule has 0 unspecified atom stereocenters. The van der Waals surface area contributed by atoms with Crippen molar-refractivity contribution >= 4 is 11.6 Å². The Balaban J connectivity index is 2.09. The third kappa shape index (κ3) is 5.60. The molecule has 0 fully saturated rings. The minimum atomic E-state index is -4.74. The molecule has 3 N–H and O–H groups in total. The van der Waals surface area contributed by atoms with Gasteiger partial charge in [-0.1, -0.05) is 0 Å². The zero-order chi connectivity index (χ0) is 20.7. The summed E-state index contributed by atoms with van der Waals surface area (Å²) in [5, 5.41) is 2.79. The van der Waals surface area contributed by atoms with Crippen molar-refractivity contribution in [2.45, 2.75) is 12.9 Å². The van der Waals surface area contributed by atoms with Gasteiger partial charge in [0.25, 0.3) is 0 Å². The summed E-state index contributed by atoms with van der Waals surface area (Å²) < 4.78 is 56.2. The number of guanidine groups is 1. The van der Waals surface area contributed by atoms with Gasteiger partial charge in [-0.15, -0.1) is 13.2 Å². The fourth-order valence-corrected chi connectivity index (χ4v) is 2.39. The number of nitrogens with one attached hydrogen (secondary N) is 1. The molecule has 0 spiro atoms. The molecule has 0 radical (unpaired) electrons. The van der Waals surface area contributed by atoms with Gasteiger partial charge in [0.15, 0.2) is 17.5 Å². The summed E-state index contributed by atoms with van der Waals surface area (Å²) in [6.07, 6.45) is -4.74. The van der Waals surface area contributed by atoms with E-state index in [1.165, 1.54) is 45.6 Å². The maximum atomic E-state index is 12.2. The molecule has 0 atom stereocenters. The Morgan fingerprint density at radius 3 is 2.14 bits per heavy atom. The van der Waals surface area contributed by atoms with Gasteiger partial charge in [0, 0.05) is 11.3 Å². The van der Waals surface area contributed by atoms with Gasteiger partial charge >= 0.3 is 6.36 Å². The van der Waals surface area contributed by atoms with Gasteiger partial charge in [-0.3, -0.25) is 0 Å². The summed E-state index contributed by atoms with van der Waals surface area (Å²) in [4.78, 5) is 4.21. The molecule has 0 heterocycles. The van der Waals surface area contributed by atoms with E-state index in [4.69, 9.17) is 19.9 Å². The first-order valence-corrected chi connectivity index (χ1v) is 7.98. The number of ether oxygens (including phenoxy) is 4. The minimum absolute atomic E-state index is 0.0707. The van der Waals surface area contributed by atoms with Crippen molar-refractivity contribution in [3.63, 3.8) is 0 Å². The van der Waals surface area contributed by atoms with E-state index in [0.29, 0.717) is 28.5 Å². The highest BCUT2D eigenvalue weighted by molar-refractivity contribution is 5.92. The Kier molecular flexibility index (Phi) is 6.80. The fourth-order valence-electron chi connectivity index (χ4n) is 2.39. The number of benzene rings is 2. The van der Waals surface area contributed by atoms with E-state index in [1.807, 2.05) is 0 Å². The first-order chi connectivity index (χ1) is 13.3. The van der Waals surface area contributed by atoms with E-state index >= 15 is 0 Å². The topological polar surface area (TPSA) is 87.3 Å². The Labute approximate surface area is 159 Å². The van der Waals surface area contributed by atoms with E-state index in [9.17, 15) is 13.2 Å². The van der Waals surface area contributed by atoms with E-state index in [2.05, 4.69) is 15.0 Å². The summed E-state index contributed by atoms with van der Waals surface area (Å²) in [5.74, 6) is 1.15. The zero-order valence-corrected chi connectivity index (χ0v) is 15.5. The number of aliphatic imine (C=N–C) groups is 1. The number of nitrogens with two attached hydrogens (primary N) is 1. The van der Waals surface area contributed by atoms with Crippen LogP contribution >= 0.6 is 0 Å². The molecule has 2 aromatic carbocycles. The van der Waals surface area contributed by atoms with Crippen LogP contribution in [0.25, 0.3) is 0 Å². The first kappa shape index (κ1) is 21.0. The second kappa shape index (κ2) is 9.07. The number of halogens is 3. The predicted molar refractivity (Wildman–Crippen MR) is 98.2 cm³/mol. The second-order valence-corrected chi connectivity index (χ2v) is 5.39. The SMILES string of the molecule is COc1ccc(CN=C(N)Nc2ccc(OC(F)(F)F)cc2)c(OC)c1OC. The van der Waals surface area contributed by atoms with Gasteiger partial charge in [-0.05, 0) is 36.4 Å². The second-order valence-electron chi connectivity index (χ2n) is 5.39. The van der Waals surface area contributed by atoms with Crippen molar-refractivity contribution in [3.05, 3.63) is 42.0 Å². The van der Waals surface area contributed by atoms with Crippen LogP contribution in [0.3, 0.4) is 0 Å². The molecule has 0 saturated carbocycles. The molecule has 0 aliphatic carbocycles. The lowest BCUT2D eigenvalue weighted by atomic mass is 10.1. The van der Waals surface area contributed by atoms with Crippen LogP contribution in [0.15, 0.2) is 41.4 Å². The van der Waals surface area contributed by atoms with Crippen molar-refractivity contribution in [2.24, 2.45) is 10.7 Å². The third-order valence-corrected chi connectivity index (χ3v) is 3.57. The van der Waals surface area contributed by atoms with E-state index in [-0.39, 0.29) is 18.3 Å². The van der Waals surface area contributed by atoms with Crippen molar-refractivity contribution < 1.29 is 32.1 Å². The molecule has 0 aromatic heterocycles. The lowest BCUT2D eigenvalue weighted by molar-refractivity contribution is -0.274. The van der Waals surface area contributed by atoms with E-state index in [1.54, 1.807) is 12.1 Å². The molecule has 152 valence electrons. The van der Waals surface area contributed by atoms with Crippen molar-refractivity contribution in [1.82, 2.24) is 0 Å². The molecule has 0 aliphatic rings. The molecule has 2 aromatic rings. The van der Waals surface area contributed by atoms with E-state index < -0.39 is 6.36 Å². The Bertz CT molecular complexity index is 824. The Morgan fingerprint density at radius 2 is 1.61 bits per heavy atom. The normalized spacial score (nSPS) is 11.7. The number of alkyl halides is 3. The maximum absolute atomic E-state index is 12.2. The van der Waals surface area contributed by atoms with Crippen molar-refractivity contribution in [3.8, 4) is 23.0 Å². The molecule has 0 saturated heterocycles. The number of methoxy groups -OCH3 is 3. The highest BCUT2D eigenvalue weighted by atomic mass is 19.4. The molecule has 2 rings (SSSR count). The molecule has 7 nitrogen and oxygen atoms in total. The van der Waals surface area contributed by atoms with Gasteiger partial charge in [0.2, 0.25) is 5.75 Å². The number of hydrogen-bond acceptors (Lipinski definition) is 5. The molecular weight excluding hydrogens is 379 g/mol. The molecule has 28 heavy (non-hydrogen) atoms. The molecule has 10 heteroatoms. The first-order valence-electron chi connectivity index (χ1n) is 7.98. The number of rotatable bonds is 7.